The molecule has 6 heteroatoms. The third-order valence-corrected chi connectivity index (χ3v) is 3.13. The van der Waals surface area contributed by atoms with Gasteiger partial charge in [0.05, 0.1) is 16.9 Å². The summed E-state index contributed by atoms with van der Waals surface area (Å²) < 4.78 is 5.16. The maximum Gasteiger partial charge on any atom is 0.234 e. The summed E-state index contributed by atoms with van der Waals surface area (Å²) in [5.74, 6) is -1.18. The van der Waals surface area contributed by atoms with Gasteiger partial charge in [0.2, 0.25) is 11.3 Å². The second-order valence-corrected chi connectivity index (χ2v) is 4.49. The highest BCUT2D eigenvalue weighted by Crippen LogP contribution is 2.17. The standard InChI is InChI=1S/C15H13NO5/c1-2-9(6-17)15(20)16-11-3-4-13-12(5-11)14(19)10(7-18)8-21-13/h3-9H,2H2,1H3,(H,16,20). The molecule has 1 atom stereocenters. The number of fused-ring (bicyclic) bond motifs is 1. The first kappa shape index (κ1) is 14.6. The monoisotopic (exact) mass is 287 g/mol. The predicted molar refractivity (Wildman–Crippen MR) is 76.3 cm³/mol. The van der Waals surface area contributed by atoms with Gasteiger partial charge in [-0.3, -0.25) is 14.4 Å². The first-order valence-corrected chi connectivity index (χ1v) is 6.37. The van der Waals surface area contributed by atoms with Gasteiger partial charge in [-0.1, -0.05) is 6.92 Å². The van der Waals surface area contributed by atoms with Crippen molar-refractivity contribution in [2.45, 2.75) is 13.3 Å². The van der Waals surface area contributed by atoms with Crippen LogP contribution >= 0.6 is 0 Å². The van der Waals surface area contributed by atoms with Crippen LogP contribution in [0.15, 0.2) is 33.7 Å². The summed E-state index contributed by atoms with van der Waals surface area (Å²) in [4.78, 5) is 45.3. The van der Waals surface area contributed by atoms with E-state index in [1.807, 2.05) is 0 Å². The molecule has 0 fully saturated rings. The van der Waals surface area contributed by atoms with E-state index in [0.717, 1.165) is 6.26 Å². The second kappa shape index (κ2) is 6.13. The van der Waals surface area contributed by atoms with E-state index in [-0.39, 0.29) is 10.9 Å². The molecule has 1 heterocycles. The zero-order valence-corrected chi connectivity index (χ0v) is 11.3. The molecule has 0 aliphatic carbocycles. The summed E-state index contributed by atoms with van der Waals surface area (Å²) in [6.45, 7) is 1.73. The fourth-order valence-corrected chi connectivity index (χ4v) is 1.88. The fourth-order valence-electron chi connectivity index (χ4n) is 1.88. The van der Waals surface area contributed by atoms with Crippen LogP contribution in [0.5, 0.6) is 0 Å². The predicted octanol–water partition coefficient (Wildman–Crippen LogP) is 1.77. The lowest BCUT2D eigenvalue weighted by atomic mass is 10.1. The maximum atomic E-state index is 12.0. The van der Waals surface area contributed by atoms with Crippen LogP contribution in [0.2, 0.25) is 0 Å². The minimum absolute atomic E-state index is 0.0923. The van der Waals surface area contributed by atoms with Gasteiger partial charge >= 0.3 is 0 Å². The summed E-state index contributed by atoms with van der Waals surface area (Å²) in [6.07, 6.45) is 2.47. The molecule has 108 valence electrons. The van der Waals surface area contributed by atoms with Gasteiger partial charge in [0, 0.05) is 5.69 Å². The lowest BCUT2D eigenvalue weighted by molar-refractivity contribution is -0.125. The molecule has 1 aromatic carbocycles. The van der Waals surface area contributed by atoms with Crippen molar-refractivity contribution in [3.63, 3.8) is 0 Å². The Morgan fingerprint density at radius 2 is 2.14 bits per heavy atom. The minimum atomic E-state index is -0.738. The van der Waals surface area contributed by atoms with Crippen molar-refractivity contribution in [1.29, 1.82) is 0 Å². The number of carbonyl (C=O) groups is 3. The van der Waals surface area contributed by atoms with Gasteiger partial charge in [-0.15, -0.1) is 0 Å². The third-order valence-electron chi connectivity index (χ3n) is 3.13. The smallest absolute Gasteiger partial charge is 0.234 e. The molecule has 2 aromatic rings. The van der Waals surface area contributed by atoms with E-state index in [4.69, 9.17) is 4.42 Å². The Morgan fingerprint density at radius 1 is 1.38 bits per heavy atom. The van der Waals surface area contributed by atoms with Crippen molar-refractivity contribution in [3.8, 4) is 0 Å². The maximum absolute atomic E-state index is 12.0. The average molecular weight is 287 g/mol. The van der Waals surface area contributed by atoms with Crippen molar-refractivity contribution in [3.05, 3.63) is 40.2 Å². The van der Waals surface area contributed by atoms with Crippen LogP contribution in [-0.4, -0.2) is 18.5 Å². The molecule has 1 unspecified atom stereocenters. The Hall–Kier alpha value is -2.76. The highest BCUT2D eigenvalue weighted by Gasteiger charge is 2.16. The Kier molecular flexibility index (Phi) is 4.27. The topological polar surface area (TPSA) is 93.4 Å². The zero-order valence-electron chi connectivity index (χ0n) is 11.3. The summed E-state index contributed by atoms with van der Waals surface area (Å²) in [5, 5.41) is 2.75. The summed E-state index contributed by atoms with van der Waals surface area (Å²) in [6, 6.07) is 4.49. The van der Waals surface area contributed by atoms with Crippen molar-refractivity contribution < 1.29 is 18.8 Å². The normalized spacial score (nSPS) is 11.9. The number of nitrogens with one attached hydrogen (secondary N) is 1. The summed E-state index contributed by atoms with van der Waals surface area (Å²) in [5.41, 5.74) is 0.115. The molecule has 1 amide bonds. The highest BCUT2D eigenvalue weighted by atomic mass is 16.3. The van der Waals surface area contributed by atoms with Gasteiger partial charge in [0.25, 0.3) is 0 Å². The van der Waals surface area contributed by atoms with Crippen molar-refractivity contribution in [2.75, 3.05) is 5.32 Å². The minimum Gasteiger partial charge on any atom is -0.463 e. The number of hydrogen-bond donors (Lipinski definition) is 1. The van der Waals surface area contributed by atoms with E-state index >= 15 is 0 Å². The van der Waals surface area contributed by atoms with Crippen molar-refractivity contribution in [2.24, 2.45) is 5.92 Å². The van der Waals surface area contributed by atoms with E-state index in [9.17, 15) is 19.2 Å². The largest absolute Gasteiger partial charge is 0.463 e. The number of rotatable bonds is 5. The van der Waals surface area contributed by atoms with Crippen LogP contribution in [0.4, 0.5) is 5.69 Å². The molecule has 0 saturated carbocycles. The summed E-state index contributed by atoms with van der Waals surface area (Å²) in [7, 11) is 0. The van der Waals surface area contributed by atoms with Crippen LogP contribution < -0.4 is 10.7 Å². The van der Waals surface area contributed by atoms with Gasteiger partial charge in [0.15, 0.2) is 6.29 Å². The summed E-state index contributed by atoms with van der Waals surface area (Å²) >= 11 is 0. The molecule has 0 aliphatic rings. The van der Waals surface area contributed by atoms with Gasteiger partial charge in [-0.05, 0) is 24.6 Å². The Bertz CT molecular complexity index is 762. The molecule has 0 bridgehead atoms. The molecule has 0 aliphatic heterocycles. The molecular formula is C15H13NO5. The van der Waals surface area contributed by atoms with E-state index in [2.05, 4.69) is 5.32 Å². The average Bonchev–Trinajstić information content (AvgIpc) is 2.49. The highest BCUT2D eigenvalue weighted by molar-refractivity contribution is 6.01. The number of carbonyl (C=O) groups excluding carboxylic acids is 3. The first-order chi connectivity index (χ1) is 10.1. The number of hydrogen-bond acceptors (Lipinski definition) is 5. The van der Waals surface area contributed by atoms with Gasteiger partial charge in [-0.2, -0.15) is 0 Å². The number of benzene rings is 1. The SMILES string of the molecule is CCC(C=O)C(=O)Nc1ccc2occ(C=O)c(=O)c2c1. The molecule has 0 radical (unpaired) electrons. The quantitative estimate of drug-likeness (QED) is 0.668. The Balaban J connectivity index is 2.41. The lowest BCUT2D eigenvalue weighted by Gasteiger charge is -2.09. The van der Waals surface area contributed by atoms with E-state index in [0.29, 0.717) is 30.3 Å². The third kappa shape index (κ3) is 2.89. The molecule has 6 nitrogen and oxygen atoms in total. The van der Waals surface area contributed by atoms with E-state index < -0.39 is 17.3 Å². The molecule has 1 aromatic heterocycles. The van der Waals surface area contributed by atoms with Crippen LogP contribution in [0.3, 0.4) is 0 Å². The van der Waals surface area contributed by atoms with Gasteiger partial charge in [-0.25, -0.2) is 0 Å². The van der Waals surface area contributed by atoms with E-state index in [1.165, 1.54) is 12.1 Å². The van der Waals surface area contributed by atoms with E-state index in [1.54, 1.807) is 13.0 Å². The Labute approximate surface area is 119 Å². The number of aldehydes is 2. The van der Waals surface area contributed by atoms with Crippen LogP contribution in [-0.2, 0) is 9.59 Å². The zero-order chi connectivity index (χ0) is 15.4. The van der Waals surface area contributed by atoms with Gasteiger partial charge in [0.1, 0.15) is 18.1 Å². The van der Waals surface area contributed by atoms with Gasteiger partial charge < -0.3 is 14.5 Å². The molecule has 0 saturated heterocycles. The van der Waals surface area contributed by atoms with Crippen LogP contribution in [0, 0.1) is 5.92 Å². The molecule has 0 spiro atoms. The Morgan fingerprint density at radius 3 is 2.76 bits per heavy atom. The number of anilines is 1. The molecule has 2 rings (SSSR count). The van der Waals surface area contributed by atoms with Crippen LogP contribution in [0.1, 0.15) is 23.7 Å². The number of amides is 1. The van der Waals surface area contributed by atoms with Crippen LogP contribution in [0.25, 0.3) is 11.0 Å². The lowest BCUT2D eigenvalue weighted by Crippen LogP contribution is -2.23. The molecule has 21 heavy (non-hydrogen) atoms. The molecular weight excluding hydrogens is 274 g/mol. The fraction of sp³-hybridized carbons (Fsp3) is 0.200. The molecule has 1 N–H and O–H groups in total. The first-order valence-electron chi connectivity index (χ1n) is 6.37. The van der Waals surface area contributed by atoms with Crippen molar-refractivity contribution >= 4 is 35.1 Å². The second-order valence-electron chi connectivity index (χ2n) is 4.49. The van der Waals surface area contributed by atoms with Crippen molar-refractivity contribution in [1.82, 2.24) is 0 Å².